The van der Waals surface area contributed by atoms with Crippen molar-refractivity contribution in [3.05, 3.63) is 18.2 Å². The first-order chi connectivity index (χ1) is 9.64. The number of sulfone groups is 1. The van der Waals surface area contributed by atoms with Crippen LogP contribution in [0.5, 0.6) is 5.75 Å². The Kier molecular flexibility index (Phi) is 6.04. The first kappa shape index (κ1) is 17.8. The zero-order valence-electron chi connectivity index (χ0n) is 13.5. The van der Waals surface area contributed by atoms with Crippen LogP contribution < -0.4 is 10.5 Å². The number of benzene rings is 1. The normalized spacial score (nSPS) is 12.4. The van der Waals surface area contributed by atoms with E-state index >= 15 is 0 Å². The van der Waals surface area contributed by atoms with Crippen molar-refractivity contribution < 1.29 is 13.2 Å². The third kappa shape index (κ3) is 4.89. The van der Waals surface area contributed by atoms with Crippen molar-refractivity contribution in [2.75, 3.05) is 25.1 Å². The fraction of sp³-hybridized carbons (Fsp3) is 0.600. The monoisotopic (exact) mass is 314 g/mol. The van der Waals surface area contributed by atoms with E-state index in [0.717, 1.165) is 12.8 Å². The van der Waals surface area contributed by atoms with Gasteiger partial charge in [-0.3, -0.25) is 4.90 Å². The Hall–Kier alpha value is -1.27. The molecule has 120 valence electrons. The molecule has 0 spiro atoms. The van der Waals surface area contributed by atoms with E-state index in [4.69, 9.17) is 10.5 Å². The largest absolute Gasteiger partial charge is 0.490 e. The number of hydrogen-bond donors (Lipinski definition) is 1. The van der Waals surface area contributed by atoms with E-state index in [9.17, 15) is 8.42 Å². The van der Waals surface area contributed by atoms with Crippen molar-refractivity contribution in [1.82, 2.24) is 4.90 Å². The summed E-state index contributed by atoms with van der Waals surface area (Å²) in [5, 5.41) is 0. The highest BCUT2D eigenvalue weighted by Gasteiger charge is 2.16. The molecule has 2 N–H and O–H groups in total. The predicted molar refractivity (Wildman–Crippen MR) is 86.4 cm³/mol. The smallest absolute Gasteiger partial charge is 0.177 e. The minimum Gasteiger partial charge on any atom is -0.490 e. The molecule has 0 amide bonds. The van der Waals surface area contributed by atoms with Gasteiger partial charge in [-0.05, 0) is 39.8 Å². The van der Waals surface area contributed by atoms with Crippen molar-refractivity contribution in [3.63, 3.8) is 0 Å². The molecular formula is C15H26N2O3S. The molecule has 5 nitrogen and oxygen atoms in total. The summed E-state index contributed by atoms with van der Waals surface area (Å²) < 4.78 is 28.9. The lowest BCUT2D eigenvalue weighted by Gasteiger charge is -2.30. The molecule has 0 saturated carbocycles. The third-order valence-electron chi connectivity index (χ3n) is 3.36. The first-order valence-electron chi connectivity index (χ1n) is 7.11. The maximum atomic E-state index is 11.6. The molecule has 0 aliphatic carbocycles. The van der Waals surface area contributed by atoms with Gasteiger partial charge in [-0.25, -0.2) is 8.42 Å². The number of nitrogens with two attached hydrogens (primary N) is 1. The van der Waals surface area contributed by atoms with Crippen LogP contribution in [0, 0.1) is 0 Å². The number of ether oxygens (including phenoxy) is 1. The van der Waals surface area contributed by atoms with Crippen molar-refractivity contribution in [1.29, 1.82) is 0 Å². The molecule has 0 bridgehead atoms. The van der Waals surface area contributed by atoms with E-state index < -0.39 is 9.84 Å². The highest BCUT2D eigenvalue weighted by atomic mass is 32.2. The van der Waals surface area contributed by atoms with Crippen LogP contribution in [0.1, 0.15) is 27.7 Å². The van der Waals surface area contributed by atoms with Crippen LogP contribution in [0.25, 0.3) is 0 Å². The SMILES string of the molecule is CC(C)N(CCOc1cccc(S(C)(=O)=O)c1N)C(C)C. The summed E-state index contributed by atoms with van der Waals surface area (Å²) in [4.78, 5) is 2.42. The molecule has 1 aromatic carbocycles. The Morgan fingerprint density at radius 3 is 2.24 bits per heavy atom. The molecule has 0 atom stereocenters. The van der Waals surface area contributed by atoms with Gasteiger partial charge in [0.25, 0.3) is 0 Å². The highest BCUT2D eigenvalue weighted by molar-refractivity contribution is 7.90. The van der Waals surface area contributed by atoms with Gasteiger partial charge in [0.2, 0.25) is 0 Å². The van der Waals surface area contributed by atoms with E-state index in [-0.39, 0.29) is 10.6 Å². The van der Waals surface area contributed by atoms with Crippen molar-refractivity contribution >= 4 is 15.5 Å². The lowest BCUT2D eigenvalue weighted by Crippen LogP contribution is -2.39. The number of hydrogen-bond acceptors (Lipinski definition) is 5. The molecule has 1 rings (SSSR count). The van der Waals surface area contributed by atoms with Crippen molar-refractivity contribution in [2.45, 2.75) is 44.7 Å². The van der Waals surface area contributed by atoms with Gasteiger partial charge in [0, 0.05) is 24.9 Å². The van der Waals surface area contributed by atoms with E-state index in [1.54, 1.807) is 12.1 Å². The van der Waals surface area contributed by atoms with Crippen LogP contribution in [-0.2, 0) is 9.84 Å². The number of nitrogen functional groups attached to an aromatic ring is 1. The zero-order valence-corrected chi connectivity index (χ0v) is 14.3. The molecule has 0 aliphatic heterocycles. The molecule has 21 heavy (non-hydrogen) atoms. The summed E-state index contributed by atoms with van der Waals surface area (Å²) in [7, 11) is -3.34. The van der Waals surface area contributed by atoms with Gasteiger partial charge in [-0.15, -0.1) is 0 Å². The topological polar surface area (TPSA) is 72.6 Å². The fourth-order valence-electron chi connectivity index (χ4n) is 2.35. The van der Waals surface area contributed by atoms with Crippen LogP contribution >= 0.6 is 0 Å². The fourth-order valence-corrected chi connectivity index (χ4v) is 3.17. The molecule has 6 heteroatoms. The van der Waals surface area contributed by atoms with E-state index in [1.165, 1.54) is 6.07 Å². The quantitative estimate of drug-likeness (QED) is 0.781. The molecule has 0 unspecified atom stereocenters. The summed E-state index contributed by atoms with van der Waals surface area (Å²) in [6.45, 7) is 9.78. The maximum Gasteiger partial charge on any atom is 0.177 e. The molecule has 1 aromatic rings. The predicted octanol–water partition coefficient (Wildman–Crippen LogP) is 2.17. The molecule has 0 aromatic heterocycles. The van der Waals surface area contributed by atoms with Gasteiger partial charge in [0.1, 0.15) is 12.4 Å². The lowest BCUT2D eigenvalue weighted by molar-refractivity contribution is 0.142. The summed E-state index contributed by atoms with van der Waals surface area (Å²) >= 11 is 0. The minimum absolute atomic E-state index is 0.115. The van der Waals surface area contributed by atoms with Gasteiger partial charge in [-0.1, -0.05) is 6.07 Å². The number of nitrogens with zero attached hydrogens (tertiary/aromatic N) is 1. The summed E-state index contributed by atoms with van der Waals surface area (Å²) in [5.74, 6) is 0.422. The van der Waals surface area contributed by atoms with Crippen LogP contribution in [-0.4, -0.2) is 44.8 Å². The Labute approximate surface area is 128 Å². The van der Waals surface area contributed by atoms with Crippen LogP contribution in [0.2, 0.25) is 0 Å². The van der Waals surface area contributed by atoms with Crippen molar-refractivity contribution in [3.8, 4) is 5.75 Å². The highest BCUT2D eigenvalue weighted by Crippen LogP contribution is 2.28. The van der Waals surface area contributed by atoms with E-state index in [2.05, 4.69) is 32.6 Å². The summed E-state index contributed by atoms with van der Waals surface area (Å²) in [6.07, 6.45) is 1.14. The Balaban J connectivity index is 2.77. The molecule has 0 saturated heterocycles. The summed E-state index contributed by atoms with van der Waals surface area (Å²) in [6, 6.07) is 5.68. The molecule has 0 aliphatic rings. The molecule has 0 heterocycles. The van der Waals surface area contributed by atoms with E-state index in [0.29, 0.717) is 24.4 Å². The molecular weight excluding hydrogens is 288 g/mol. The van der Waals surface area contributed by atoms with Crippen molar-refractivity contribution in [2.24, 2.45) is 0 Å². The zero-order chi connectivity index (χ0) is 16.2. The Bertz CT molecular complexity index is 560. The first-order valence-corrected chi connectivity index (χ1v) is 9.00. The van der Waals surface area contributed by atoms with Gasteiger partial charge >= 0.3 is 0 Å². The van der Waals surface area contributed by atoms with Crippen LogP contribution in [0.15, 0.2) is 23.1 Å². The second kappa shape index (κ2) is 7.13. The maximum absolute atomic E-state index is 11.6. The van der Waals surface area contributed by atoms with Gasteiger partial charge in [-0.2, -0.15) is 0 Å². The molecule has 0 radical (unpaired) electrons. The molecule has 0 fully saturated rings. The standard InChI is InChI=1S/C15H26N2O3S/c1-11(2)17(12(3)4)9-10-20-13-7-6-8-14(15(13)16)21(5,18)19/h6-8,11-12H,9-10,16H2,1-5H3. The second-order valence-electron chi connectivity index (χ2n) is 5.71. The van der Waals surface area contributed by atoms with Crippen LogP contribution in [0.3, 0.4) is 0 Å². The number of rotatable bonds is 7. The second-order valence-corrected chi connectivity index (χ2v) is 7.70. The summed E-state index contributed by atoms with van der Waals surface area (Å²) in [5.41, 5.74) is 6.07. The van der Waals surface area contributed by atoms with Crippen LogP contribution in [0.4, 0.5) is 5.69 Å². The van der Waals surface area contributed by atoms with E-state index in [1.807, 2.05) is 0 Å². The average Bonchev–Trinajstić information content (AvgIpc) is 2.33. The Morgan fingerprint density at radius 2 is 1.76 bits per heavy atom. The number of para-hydroxylation sites is 1. The number of anilines is 1. The lowest BCUT2D eigenvalue weighted by atomic mass is 10.2. The third-order valence-corrected chi connectivity index (χ3v) is 4.51. The minimum atomic E-state index is -3.34. The van der Waals surface area contributed by atoms with Gasteiger partial charge in [0.05, 0.1) is 10.6 Å². The average molecular weight is 314 g/mol. The Morgan fingerprint density at radius 1 is 1.19 bits per heavy atom. The van der Waals surface area contributed by atoms with Gasteiger partial charge in [0.15, 0.2) is 9.84 Å². The van der Waals surface area contributed by atoms with Gasteiger partial charge < -0.3 is 10.5 Å².